The molecule has 18 heavy (non-hydrogen) atoms. The van der Waals surface area contributed by atoms with E-state index in [0.29, 0.717) is 6.54 Å². The lowest BCUT2D eigenvalue weighted by molar-refractivity contribution is -0.134. The van der Waals surface area contributed by atoms with E-state index in [1.165, 1.54) is 4.31 Å². The monoisotopic (exact) mass is 275 g/mol. The lowest BCUT2D eigenvalue weighted by Crippen LogP contribution is -2.58. The maximum absolute atomic E-state index is 12.4. The average molecular weight is 275 g/mol. The number of nitrogens with one attached hydrogen (secondary N) is 1. The highest BCUT2D eigenvalue weighted by molar-refractivity contribution is 7.86. The number of imide groups is 1. The third-order valence-electron chi connectivity index (χ3n) is 3.28. The Balaban J connectivity index is 2.19. The molecule has 2 aliphatic heterocycles. The quantitative estimate of drug-likeness (QED) is 0.659. The van der Waals surface area contributed by atoms with Crippen molar-refractivity contribution in [3.8, 4) is 0 Å². The van der Waals surface area contributed by atoms with E-state index in [1.54, 1.807) is 0 Å². The fraction of sp³-hybridized carbons (Fsp3) is 0.800. The summed E-state index contributed by atoms with van der Waals surface area (Å²) in [4.78, 5) is 22.5. The van der Waals surface area contributed by atoms with Crippen molar-refractivity contribution in [1.29, 1.82) is 0 Å². The molecule has 2 fully saturated rings. The maximum atomic E-state index is 12.4. The van der Waals surface area contributed by atoms with Crippen LogP contribution in [0.15, 0.2) is 0 Å². The highest BCUT2D eigenvalue weighted by Gasteiger charge is 2.38. The molecule has 0 bridgehead atoms. The molecule has 102 valence electrons. The van der Waals surface area contributed by atoms with E-state index in [2.05, 4.69) is 5.32 Å². The van der Waals surface area contributed by atoms with E-state index in [1.807, 2.05) is 6.92 Å². The molecule has 2 saturated heterocycles. The molecule has 1 N–H and O–H groups in total. The van der Waals surface area contributed by atoms with E-state index in [9.17, 15) is 18.0 Å². The van der Waals surface area contributed by atoms with Crippen LogP contribution < -0.4 is 5.32 Å². The van der Waals surface area contributed by atoms with Crippen molar-refractivity contribution in [2.75, 3.05) is 19.6 Å². The molecule has 0 aliphatic carbocycles. The zero-order chi connectivity index (χ0) is 13.3. The van der Waals surface area contributed by atoms with Crippen molar-refractivity contribution in [3.05, 3.63) is 0 Å². The molecule has 2 rings (SSSR count). The lowest BCUT2D eigenvalue weighted by atomic mass is 10.1. The molecule has 2 aliphatic rings. The Labute approximate surface area is 106 Å². The second-order valence-corrected chi connectivity index (χ2v) is 6.58. The van der Waals surface area contributed by atoms with Gasteiger partial charge in [0.2, 0.25) is 11.8 Å². The van der Waals surface area contributed by atoms with Gasteiger partial charge in [-0.15, -0.1) is 0 Å². The van der Waals surface area contributed by atoms with Crippen LogP contribution in [0.2, 0.25) is 0 Å². The van der Waals surface area contributed by atoms with Crippen molar-refractivity contribution in [3.63, 3.8) is 0 Å². The van der Waals surface area contributed by atoms with Gasteiger partial charge in [-0.2, -0.15) is 17.0 Å². The number of amides is 2. The Morgan fingerprint density at radius 3 is 2.33 bits per heavy atom. The number of hydrogen-bond donors (Lipinski definition) is 1. The van der Waals surface area contributed by atoms with Gasteiger partial charge in [0, 0.05) is 12.6 Å². The third-order valence-corrected chi connectivity index (χ3v) is 5.33. The summed E-state index contributed by atoms with van der Waals surface area (Å²) in [5.41, 5.74) is 0. The van der Waals surface area contributed by atoms with Gasteiger partial charge in [-0.25, -0.2) is 0 Å². The van der Waals surface area contributed by atoms with Gasteiger partial charge in [0.1, 0.15) is 0 Å². The first-order valence-electron chi connectivity index (χ1n) is 6.01. The fourth-order valence-electron chi connectivity index (χ4n) is 2.34. The van der Waals surface area contributed by atoms with Crippen molar-refractivity contribution in [2.24, 2.45) is 0 Å². The van der Waals surface area contributed by atoms with E-state index >= 15 is 0 Å². The summed E-state index contributed by atoms with van der Waals surface area (Å²) < 4.78 is 27.1. The number of piperazine rings is 1. The summed E-state index contributed by atoms with van der Waals surface area (Å²) >= 11 is 0. The highest BCUT2D eigenvalue weighted by Crippen LogP contribution is 2.22. The molecule has 2 amide bonds. The molecular formula is C10H17N3O4S. The van der Waals surface area contributed by atoms with Gasteiger partial charge in [-0.3, -0.25) is 14.9 Å². The molecule has 2 heterocycles. The number of carbonyl (C=O) groups is 2. The molecule has 0 spiro atoms. The molecule has 8 heteroatoms. The zero-order valence-electron chi connectivity index (χ0n) is 10.3. The van der Waals surface area contributed by atoms with E-state index in [0.717, 1.165) is 23.6 Å². The number of piperidine rings is 1. The fourth-order valence-corrected chi connectivity index (χ4v) is 4.11. The minimum Gasteiger partial charge on any atom is -0.294 e. The van der Waals surface area contributed by atoms with Crippen LogP contribution in [0, 0.1) is 0 Å². The Kier molecular flexibility index (Phi) is 3.69. The zero-order valence-corrected chi connectivity index (χ0v) is 11.1. The molecule has 0 aromatic heterocycles. The van der Waals surface area contributed by atoms with Gasteiger partial charge in [0.15, 0.2) is 0 Å². The molecule has 0 saturated carbocycles. The summed E-state index contributed by atoms with van der Waals surface area (Å²) in [5, 5.41) is 2.09. The van der Waals surface area contributed by atoms with E-state index in [-0.39, 0.29) is 19.1 Å². The van der Waals surface area contributed by atoms with Crippen LogP contribution in [-0.2, 0) is 19.8 Å². The minimum atomic E-state index is -3.72. The number of nitrogens with zero attached hydrogens (tertiary/aromatic N) is 2. The SMILES string of the molecule is CC1CCCCN1S(=O)(=O)N1CC(=O)NC(=O)C1. The molecule has 0 radical (unpaired) electrons. The second-order valence-electron chi connectivity index (χ2n) is 4.70. The third kappa shape index (κ3) is 2.55. The summed E-state index contributed by atoms with van der Waals surface area (Å²) in [7, 11) is -3.72. The maximum Gasteiger partial charge on any atom is 0.283 e. The van der Waals surface area contributed by atoms with Crippen LogP contribution in [0.5, 0.6) is 0 Å². The van der Waals surface area contributed by atoms with Crippen LogP contribution in [-0.4, -0.2) is 54.5 Å². The number of hydrogen-bond acceptors (Lipinski definition) is 4. The first kappa shape index (κ1) is 13.4. The summed E-state index contributed by atoms with van der Waals surface area (Å²) in [5.74, 6) is -1.14. The molecule has 0 aromatic rings. The van der Waals surface area contributed by atoms with Crippen LogP contribution >= 0.6 is 0 Å². The Hall–Kier alpha value is -0.990. The van der Waals surface area contributed by atoms with Gasteiger partial charge < -0.3 is 0 Å². The molecular weight excluding hydrogens is 258 g/mol. The van der Waals surface area contributed by atoms with Gasteiger partial charge in [-0.1, -0.05) is 6.42 Å². The standard InChI is InChI=1S/C10H17N3O4S/c1-8-4-2-3-5-13(8)18(16,17)12-6-9(14)11-10(15)7-12/h8H,2-7H2,1H3,(H,11,14,15). The van der Waals surface area contributed by atoms with Crippen molar-refractivity contribution in [2.45, 2.75) is 32.2 Å². The highest BCUT2D eigenvalue weighted by atomic mass is 32.2. The second kappa shape index (κ2) is 4.94. The van der Waals surface area contributed by atoms with Crippen LogP contribution in [0.25, 0.3) is 0 Å². The van der Waals surface area contributed by atoms with Crippen LogP contribution in [0.3, 0.4) is 0 Å². The predicted molar refractivity (Wildman–Crippen MR) is 63.7 cm³/mol. The van der Waals surface area contributed by atoms with Gasteiger partial charge in [-0.05, 0) is 19.8 Å². The minimum absolute atomic E-state index is 0.0798. The summed E-state index contributed by atoms with van der Waals surface area (Å²) in [6.07, 6.45) is 2.64. The topological polar surface area (TPSA) is 86.8 Å². The molecule has 1 unspecified atom stereocenters. The normalized spacial score (nSPS) is 28.2. The van der Waals surface area contributed by atoms with Gasteiger partial charge >= 0.3 is 0 Å². The first-order valence-corrected chi connectivity index (χ1v) is 7.40. The van der Waals surface area contributed by atoms with Gasteiger partial charge in [0.05, 0.1) is 13.1 Å². The van der Waals surface area contributed by atoms with Crippen molar-refractivity contribution in [1.82, 2.24) is 13.9 Å². The molecule has 1 atom stereocenters. The Bertz CT molecular complexity index is 446. The summed E-state index contributed by atoms with van der Waals surface area (Å²) in [6, 6.07) is -0.0798. The smallest absolute Gasteiger partial charge is 0.283 e. The Morgan fingerprint density at radius 2 is 1.78 bits per heavy atom. The number of carbonyl (C=O) groups excluding carboxylic acids is 2. The Morgan fingerprint density at radius 1 is 1.17 bits per heavy atom. The lowest BCUT2D eigenvalue weighted by Gasteiger charge is -2.36. The largest absolute Gasteiger partial charge is 0.294 e. The van der Waals surface area contributed by atoms with E-state index in [4.69, 9.17) is 0 Å². The summed E-state index contributed by atoms with van der Waals surface area (Å²) in [6.45, 7) is 1.74. The van der Waals surface area contributed by atoms with Crippen LogP contribution in [0.1, 0.15) is 26.2 Å². The molecule has 0 aromatic carbocycles. The number of rotatable bonds is 2. The van der Waals surface area contributed by atoms with E-state index < -0.39 is 22.0 Å². The molecule has 7 nitrogen and oxygen atoms in total. The predicted octanol–water partition coefficient (Wildman–Crippen LogP) is -0.936. The average Bonchev–Trinajstić information content (AvgIpc) is 2.28. The first-order chi connectivity index (χ1) is 8.41. The van der Waals surface area contributed by atoms with Gasteiger partial charge in [0.25, 0.3) is 10.2 Å². The van der Waals surface area contributed by atoms with Crippen LogP contribution in [0.4, 0.5) is 0 Å². The van der Waals surface area contributed by atoms with Crippen molar-refractivity contribution >= 4 is 22.0 Å². The van der Waals surface area contributed by atoms with Crippen molar-refractivity contribution < 1.29 is 18.0 Å².